The van der Waals surface area contributed by atoms with Crippen molar-refractivity contribution < 1.29 is 39.3 Å². The number of anilines is 2. The molecule has 0 atom stereocenters. The van der Waals surface area contributed by atoms with Crippen molar-refractivity contribution in [1.82, 2.24) is 0 Å². The number of rotatable bonds is 22. The van der Waals surface area contributed by atoms with Crippen LogP contribution < -0.4 is 9.80 Å². The summed E-state index contributed by atoms with van der Waals surface area (Å²) in [4.78, 5) is 4.10. The van der Waals surface area contributed by atoms with E-state index in [2.05, 4.69) is 52.2 Å². The SMILES string of the molecule is CCCCN(CCCCCC[SiH](C)C)c1ccc(F)[c-]c1F.CCCCN(CCCCCC[SiH](C)C)c1ccc(F)[c-]c1F.[Ti+4].c1cc[cH-]c1.c1cc[cH-]c1. The Morgan fingerprint density at radius 3 is 1.09 bits per heavy atom. The van der Waals surface area contributed by atoms with Crippen LogP contribution in [0.15, 0.2) is 84.9 Å². The van der Waals surface area contributed by atoms with E-state index in [0.29, 0.717) is 11.4 Å². The maximum Gasteiger partial charge on any atom is 4.00 e. The third-order valence-electron chi connectivity index (χ3n) is 8.96. The zero-order valence-electron chi connectivity index (χ0n) is 34.9. The Bertz CT molecular complexity index is 1250. The Labute approximate surface area is 352 Å². The molecule has 4 aromatic carbocycles. The number of hydrogen-bond acceptors (Lipinski definition) is 2. The Kier molecular flexibility index (Phi) is 33.3. The first-order valence-corrected chi connectivity index (χ1v) is 26.9. The van der Waals surface area contributed by atoms with Crippen LogP contribution in [0.2, 0.25) is 38.3 Å². The van der Waals surface area contributed by atoms with Crippen LogP contribution in [0.1, 0.15) is 90.9 Å². The molecule has 0 aromatic heterocycles. The summed E-state index contributed by atoms with van der Waals surface area (Å²) in [5.74, 6) is -2.40. The van der Waals surface area contributed by atoms with Gasteiger partial charge in [0.15, 0.2) is 0 Å². The van der Waals surface area contributed by atoms with Gasteiger partial charge in [-0.1, -0.05) is 103 Å². The first-order valence-electron chi connectivity index (χ1n) is 20.7. The van der Waals surface area contributed by atoms with Crippen LogP contribution in [-0.4, -0.2) is 43.8 Å². The fraction of sp³-hybridized carbons (Fsp3) is 0.522. The second-order valence-electron chi connectivity index (χ2n) is 14.8. The van der Waals surface area contributed by atoms with E-state index in [1.807, 2.05) is 70.5 Å². The van der Waals surface area contributed by atoms with Crippen LogP contribution in [0.3, 0.4) is 0 Å². The molecule has 4 aromatic rings. The molecule has 0 aliphatic carbocycles. The van der Waals surface area contributed by atoms with Crippen molar-refractivity contribution in [2.75, 3.05) is 36.0 Å². The zero-order valence-corrected chi connectivity index (χ0v) is 38.7. The van der Waals surface area contributed by atoms with Crippen molar-refractivity contribution in [3.8, 4) is 0 Å². The molecule has 0 saturated heterocycles. The fourth-order valence-corrected chi connectivity index (χ4v) is 8.03. The van der Waals surface area contributed by atoms with Crippen LogP contribution in [0, 0.1) is 35.4 Å². The van der Waals surface area contributed by atoms with Crippen molar-refractivity contribution in [1.29, 1.82) is 0 Å². The fourth-order valence-electron chi connectivity index (χ4n) is 5.82. The Balaban J connectivity index is 0.000000828. The second kappa shape index (κ2) is 34.8. The van der Waals surface area contributed by atoms with Gasteiger partial charge in [0.2, 0.25) is 0 Å². The van der Waals surface area contributed by atoms with E-state index in [4.69, 9.17) is 0 Å². The number of benzene rings is 2. The van der Waals surface area contributed by atoms with Gasteiger partial charge < -0.3 is 9.80 Å². The second-order valence-corrected chi connectivity index (χ2v) is 21.5. The average molecular weight is 831 g/mol. The summed E-state index contributed by atoms with van der Waals surface area (Å²) in [7, 11) is -0.835. The molecular weight excluding hydrogens is 761 g/mol. The normalized spacial score (nSPS) is 10.4. The van der Waals surface area contributed by atoms with Gasteiger partial charge in [-0.25, -0.2) is 41.8 Å². The molecule has 0 aliphatic rings. The first-order chi connectivity index (χ1) is 26.1. The molecule has 4 rings (SSSR count). The average Bonchev–Trinajstić information content (AvgIpc) is 3.92. The summed E-state index contributed by atoms with van der Waals surface area (Å²) < 4.78 is 53.8. The van der Waals surface area contributed by atoms with Gasteiger partial charge in [-0.2, -0.15) is 36.4 Å². The van der Waals surface area contributed by atoms with Gasteiger partial charge >= 0.3 is 21.7 Å². The summed E-state index contributed by atoms with van der Waals surface area (Å²) in [5.41, 5.74) is 0.980. The van der Waals surface area contributed by atoms with E-state index in [1.165, 1.54) is 62.7 Å². The van der Waals surface area contributed by atoms with Crippen molar-refractivity contribution in [2.24, 2.45) is 0 Å². The minimum atomic E-state index is -0.630. The van der Waals surface area contributed by atoms with E-state index in [-0.39, 0.29) is 21.7 Å². The number of nitrogens with zero attached hydrogens (tertiary/aromatic N) is 2. The van der Waals surface area contributed by atoms with Crippen molar-refractivity contribution in [3.63, 3.8) is 0 Å². The molecule has 0 amide bonds. The number of unbranched alkanes of at least 4 members (excludes halogenated alkanes) is 8. The summed E-state index contributed by atoms with van der Waals surface area (Å²) in [6.45, 7) is 17.1. The minimum Gasteiger partial charge on any atom is -0.421 e. The van der Waals surface area contributed by atoms with E-state index in [1.54, 1.807) is 12.1 Å². The van der Waals surface area contributed by atoms with E-state index in [0.717, 1.165) is 64.7 Å². The van der Waals surface area contributed by atoms with Crippen LogP contribution in [0.4, 0.5) is 28.9 Å². The van der Waals surface area contributed by atoms with Crippen LogP contribution in [0.5, 0.6) is 0 Å². The third-order valence-corrected chi connectivity index (χ3v) is 12.1. The molecule has 0 fully saturated rings. The molecule has 0 radical (unpaired) electrons. The molecule has 0 spiro atoms. The molecule has 0 N–H and O–H groups in total. The zero-order chi connectivity index (χ0) is 39.8. The number of hydrogen-bond donors (Lipinski definition) is 0. The molecule has 55 heavy (non-hydrogen) atoms. The van der Waals surface area contributed by atoms with Gasteiger partial charge in [0.25, 0.3) is 0 Å². The van der Waals surface area contributed by atoms with Crippen molar-refractivity contribution in [3.05, 3.63) is 120 Å². The van der Waals surface area contributed by atoms with E-state index >= 15 is 0 Å². The van der Waals surface area contributed by atoms with E-state index < -0.39 is 40.9 Å². The third kappa shape index (κ3) is 27.8. The molecule has 2 nitrogen and oxygen atoms in total. The van der Waals surface area contributed by atoms with Crippen LogP contribution in [0.25, 0.3) is 0 Å². The smallest absolute Gasteiger partial charge is 0.421 e. The molecule has 304 valence electrons. The van der Waals surface area contributed by atoms with Crippen LogP contribution >= 0.6 is 0 Å². The largest absolute Gasteiger partial charge is 4.00 e. The molecule has 9 heteroatoms. The Morgan fingerprint density at radius 1 is 0.491 bits per heavy atom. The molecule has 0 aliphatic heterocycles. The monoisotopic (exact) mass is 830 g/mol. The Hall–Kier alpha value is -2.39. The number of halogens is 4. The van der Waals surface area contributed by atoms with E-state index in [9.17, 15) is 17.6 Å². The molecule has 0 unspecified atom stereocenters. The minimum absolute atomic E-state index is 0. The molecule has 0 heterocycles. The topological polar surface area (TPSA) is 6.48 Å². The predicted molar refractivity (Wildman–Crippen MR) is 233 cm³/mol. The van der Waals surface area contributed by atoms with Gasteiger partial charge in [-0.05, 0) is 37.1 Å². The summed E-state index contributed by atoms with van der Waals surface area (Å²) >= 11 is 0. The van der Waals surface area contributed by atoms with Crippen LogP contribution in [-0.2, 0) is 21.7 Å². The van der Waals surface area contributed by atoms with Gasteiger partial charge in [0.05, 0.1) is 0 Å². The summed E-state index contributed by atoms with van der Waals surface area (Å²) in [6.07, 6.45) is 13.9. The van der Waals surface area contributed by atoms with Crippen molar-refractivity contribution >= 4 is 29.0 Å². The Morgan fingerprint density at radius 2 is 0.818 bits per heavy atom. The quantitative estimate of drug-likeness (QED) is 0.0337. The van der Waals surface area contributed by atoms with Gasteiger partial charge in [0, 0.05) is 67.0 Å². The van der Waals surface area contributed by atoms with Gasteiger partial charge in [0.1, 0.15) is 0 Å². The first kappa shape index (κ1) is 52.6. The predicted octanol–water partition coefficient (Wildman–Crippen LogP) is 13.6. The summed E-state index contributed by atoms with van der Waals surface area (Å²) in [5, 5.41) is 0. The molecular formula is C46H70F4N2Si2Ti. The molecule has 0 saturated carbocycles. The van der Waals surface area contributed by atoms with Gasteiger partial charge in [-0.3, -0.25) is 0 Å². The van der Waals surface area contributed by atoms with Gasteiger partial charge in [-0.15, -0.1) is 36.4 Å². The summed E-state index contributed by atoms with van der Waals surface area (Å²) in [6, 6.07) is 32.8. The van der Waals surface area contributed by atoms with Crippen molar-refractivity contribution in [2.45, 2.75) is 129 Å². The standard InChI is InChI=1S/2C18H30F2NSi.2C5H5.Ti/c2*1-4-5-12-21(13-8-6-7-9-14-22(2)3)18-11-10-16(19)15-17(18)20;2*1-2-4-5-3-1;/h2*10-11,22H,4-9,12-14H2,1-3H3;2*1-5H;/q4*-1;+4. The molecule has 0 bridgehead atoms. The maximum atomic E-state index is 13.9. The maximum absolute atomic E-state index is 13.9.